The summed E-state index contributed by atoms with van der Waals surface area (Å²) in [4.78, 5) is 14.2. The number of hydrogen-bond donors (Lipinski definition) is 0. The van der Waals surface area contributed by atoms with Crippen molar-refractivity contribution in [3.8, 4) is 11.1 Å². The number of aryl methyl sites for hydroxylation is 1. The maximum atomic E-state index is 10.5. The topological polar surface area (TPSA) is 56.0 Å². The molecule has 1 aromatic carbocycles. The zero-order valence-corrected chi connectivity index (χ0v) is 8.75. The molecule has 4 nitrogen and oxygen atoms in total. The van der Waals surface area contributed by atoms with E-state index in [1.807, 2.05) is 13.0 Å². The fourth-order valence-corrected chi connectivity index (χ4v) is 1.53. The Morgan fingerprint density at radius 1 is 1.19 bits per heavy atom. The van der Waals surface area contributed by atoms with Crippen molar-refractivity contribution in [2.75, 3.05) is 0 Å². The van der Waals surface area contributed by atoms with Crippen molar-refractivity contribution in [3.05, 3.63) is 58.4 Å². The lowest BCUT2D eigenvalue weighted by atomic mass is 10.0. The molecule has 0 radical (unpaired) electrons. The molecular formula is C12H10N2O2. The van der Waals surface area contributed by atoms with Crippen LogP contribution in [0.2, 0.25) is 0 Å². The van der Waals surface area contributed by atoms with Crippen molar-refractivity contribution in [3.63, 3.8) is 0 Å². The highest BCUT2D eigenvalue weighted by Gasteiger charge is 2.06. The SMILES string of the molecule is Cc1ccncc1-c1ccc([N+](=O)[O-])cc1. The fourth-order valence-electron chi connectivity index (χ4n) is 1.53. The molecule has 2 rings (SSSR count). The minimum absolute atomic E-state index is 0.102. The molecule has 4 heteroatoms. The smallest absolute Gasteiger partial charge is 0.264 e. The van der Waals surface area contributed by atoms with E-state index >= 15 is 0 Å². The predicted molar refractivity (Wildman–Crippen MR) is 61.1 cm³/mol. The van der Waals surface area contributed by atoms with Gasteiger partial charge in [0, 0.05) is 30.1 Å². The van der Waals surface area contributed by atoms with E-state index < -0.39 is 4.92 Å². The average molecular weight is 214 g/mol. The van der Waals surface area contributed by atoms with Crippen LogP contribution in [0.4, 0.5) is 5.69 Å². The van der Waals surface area contributed by atoms with Crippen LogP contribution in [0.15, 0.2) is 42.7 Å². The summed E-state index contributed by atoms with van der Waals surface area (Å²) in [5.41, 5.74) is 3.14. The van der Waals surface area contributed by atoms with Crippen molar-refractivity contribution >= 4 is 5.69 Å². The molecule has 0 saturated heterocycles. The second kappa shape index (κ2) is 4.10. The Kier molecular flexibility index (Phi) is 2.64. The number of nitro benzene ring substituents is 1. The number of nitro groups is 1. The van der Waals surface area contributed by atoms with E-state index in [0.717, 1.165) is 16.7 Å². The number of aromatic nitrogens is 1. The number of hydrogen-bond acceptors (Lipinski definition) is 3. The van der Waals surface area contributed by atoms with E-state index in [1.54, 1.807) is 24.5 Å². The summed E-state index contributed by atoms with van der Waals surface area (Å²) in [6.45, 7) is 1.98. The minimum Gasteiger partial charge on any atom is -0.264 e. The first-order valence-electron chi connectivity index (χ1n) is 4.84. The predicted octanol–water partition coefficient (Wildman–Crippen LogP) is 2.97. The number of nitrogens with zero attached hydrogens (tertiary/aromatic N) is 2. The maximum Gasteiger partial charge on any atom is 0.269 e. The molecule has 80 valence electrons. The van der Waals surface area contributed by atoms with Gasteiger partial charge in [0.1, 0.15) is 0 Å². The molecule has 0 unspecified atom stereocenters. The van der Waals surface area contributed by atoms with Gasteiger partial charge >= 0.3 is 0 Å². The van der Waals surface area contributed by atoms with E-state index in [4.69, 9.17) is 0 Å². The van der Waals surface area contributed by atoms with Gasteiger partial charge in [-0.1, -0.05) is 0 Å². The first-order chi connectivity index (χ1) is 7.68. The van der Waals surface area contributed by atoms with Crippen LogP contribution in [-0.4, -0.2) is 9.91 Å². The van der Waals surface area contributed by atoms with Crippen LogP contribution in [0.25, 0.3) is 11.1 Å². The highest BCUT2D eigenvalue weighted by molar-refractivity contribution is 5.67. The highest BCUT2D eigenvalue weighted by atomic mass is 16.6. The lowest BCUT2D eigenvalue weighted by molar-refractivity contribution is -0.384. The zero-order valence-electron chi connectivity index (χ0n) is 8.75. The van der Waals surface area contributed by atoms with E-state index in [1.165, 1.54) is 12.1 Å². The zero-order chi connectivity index (χ0) is 11.5. The molecule has 1 aromatic heterocycles. The van der Waals surface area contributed by atoms with Crippen LogP contribution in [0, 0.1) is 17.0 Å². The van der Waals surface area contributed by atoms with Gasteiger partial charge in [-0.25, -0.2) is 0 Å². The van der Waals surface area contributed by atoms with Gasteiger partial charge in [-0.05, 0) is 36.2 Å². The first kappa shape index (κ1) is 10.3. The summed E-state index contributed by atoms with van der Waals surface area (Å²) in [5.74, 6) is 0. The van der Waals surface area contributed by atoms with E-state index in [2.05, 4.69) is 4.98 Å². The van der Waals surface area contributed by atoms with Crippen LogP contribution in [0.3, 0.4) is 0 Å². The quantitative estimate of drug-likeness (QED) is 0.570. The van der Waals surface area contributed by atoms with Crippen LogP contribution >= 0.6 is 0 Å². The van der Waals surface area contributed by atoms with Crippen LogP contribution in [-0.2, 0) is 0 Å². The van der Waals surface area contributed by atoms with Gasteiger partial charge in [0.25, 0.3) is 5.69 Å². The number of benzene rings is 1. The van der Waals surface area contributed by atoms with Gasteiger partial charge in [0.2, 0.25) is 0 Å². The third kappa shape index (κ3) is 1.91. The summed E-state index contributed by atoms with van der Waals surface area (Å²) in [7, 11) is 0. The molecule has 0 bridgehead atoms. The lowest BCUT2D eigenvalue weighted by Crippen LogP contribution is -1.88. The summed E-state index contributed by atoms with van der Waals surface area (Å²) in [6.07, 6.45) is 3.49. The molecule has 0 atom stereocenters. The molecule has 16 heavy (non-hydrogen) atoms. The Morgan fingerprint density at radius 2 is 1.88 bits per heavy atom. The van der Waals surface area contributed by atoms with E-state index in [0.29, 0.717) is 0 Å². The van der Waals surface area contributed by atoms with Crippen LogP contribution in [0.5, 0.6) is 0 Å². The van der Waals surface area contributed by atoms with Gasteiger partial charge in [-0.2, -0.15) is 0 Å². The molecule has 1 heterocycles. The molecule has 0 saturated carbocycles. The molecule has 2 aromatic rings. The van der Waals surface area contributed by atoms with Crippen LogP contribution in [0.1, 0.15) is 5.56 Å². The van der Waals surface area contributed by atoms with Crippen molar-refractivity contribution in [2.24, 2.45) is 0 Å². The van der Waals surface area contributed by atoms with Gasteiger partial charge in [-0.15, -0.1) is 0 Å². The third-order valence-electron chi connectivity index (χ3n) is 2.43. The number of pyridine rings is 1. The molecule has 0 aliphatic heterocycles. The van der Waals surface area contributed by atoms with Gasteiger partial charge in [-0.3, -0.25) is 15.1 Å². The van der Waals surface area contributed by atoms with E-state index in [9.17, 15) is 10.1 Å². The molecule has 0 aliphatic rings. The first-order valence-corrected chi connectivity index (χ1v) is 4.84. The Bertz CT molecular complexity index is 521. The molecule has 0 fully saturated rings. The largest absolute Gasteiger partial charge is 0.269 e. The summed E-state index contributed by atoms with van der Waals surface area (Å²) < 4.78 is 0. The van der Waals surface area contributed by atoms with Gasteiger partial charge in [0.15, 0.2) is 0 Å². The Labute approximate surface area is 92.7 Å². The van der Waals surface area contributed by atoms with Crippen LogP contribution < -0.4 is 0 Å². The fraction of sp³-hybridized carbons (Fsp3) is 0.0833. The molecule has 0 aliphatic carbocycles. The Hall–Kier alpha value is -2.23. The molecule has 0 amide bonds. The average Bonchev–Trinajstić information content (AvgIpc) is 2.30. The van der Waals surface area contributed by atoms with Crippen molar-refractivity contribution in [2.45, 2.75) is 6.92 Å². The Morgan fingerprint density at radius 3 is 2.44 bits per heavy atom. The Balaban J connectivity index is 2.43. The monoisotopic (exact) mass is 214 g/mol. The number of rotatable bonds is 2. The van der Waals surface area contributed by atoms with Crippen molar-refractivity contribution in [1.82, 2.24) is 4.98 Å². The number of non-ortho nitro benzene ring substituents is 1. The summed E-state index contributed by atoms with van der Waals surface area (Å²) in [6, 6.07) is 8.39. The standard InChI is InChI=1S/C12H10N2O2/c1-9-6-7-13-8-12(9)10-2-4-11(5-3-10)14(15)16/h2-8H,1H3. The maximum absolute atomic E-state index is 10.5. The summed E-state index contributed by atoms with van der Waals surface area (Å²) in [5, 5.41) is 10.5. The normalized spacial score (nSPS) is 10.1. The molecule has 0 N–H and O–H groups in total. The molecule has 0 spiro atoms. The second-order valence-electron chi connectivity index (χ2n) is 3.49. The summed E-state index contributed by atoms with van der Waals surface area (Å²) >= 11 is 0. The molecular weight excluding hydrogens is 204 g/mol. The highest BCUT2D eigenvalue weighted by Crippen LogP contribution is 2.24. The van der Waals surface area contributed by atoms with Gasteiger partial charge < -0.3 is 0 Å². The van der Waals surface area contributed by atoms with Gasteiger partial charge in [0.05, 0.1) is 4.92 Å². The second-order valence-corrected chi connectivity index (χ2v) is 3.49. The van der Waals surface area contributed by atoms with Crippen molar-refractivity contribution < 1.29 is 4.92 Å². The third-order valence-corrected chi connectivity index (χ3v) is 2.43. The lowest BCUT2D eigenvalue weighted by Gasteiger charge is -2.04. The van der Waals surface area contributed by atoms with Crippen molar-refractivity contribution in [1.29, 1.82) is 0 Å². The minimum atomic E-state index is -0.403. The van der Waals surface area contributed by atoms with E-state index in [-0.39, 0.29) is 5.69 Å².